The number of aromatic nitrogens is 4. The maximum absolute atomic E-state index is 13.5. The lowest BCUT2D eigenvalue weighted by atomic mass is 10.0. The first-order valence-electron chi connectivity index (χ1n) is 9.50. The van der Waals surface area contributed by atoms with Gasteiger partial charge in [-0.3, -0.25) is 0 Å². The predicted octanol–water partition coefficient (Wildman–Crippen LogP) is 4.58. The molecule has 156 valence electrons. The van der Waals surface area contributed by atoms with E-state index in [9.17, 15) is 9.18 Å². The Labute approximate surface area is 181 Å². The molecule has 2 N–H and O–H groups in total. The van der Waals surface area contributed by atoms with Gasteiger partial charge in [0, 0.05) is 22.7 Å². The summed E-state index contributed by atoms with van der Waals surface area (Å²) in [4.78, 5) is 26.5. The Morgan fingerprint density at radius 2 is 2.10 bits per heavy atom. The second kappa shape index (κ2) is 7.84. The fourth-order valence-electron chi connectivity index (χ4n) is 3.52. The van der Waals surface area contributed by atoms with E-state index in [-0.39, 0.29) is 12.4 Å². The van der Waals surface area contributed by atoms with Gasteiger partial charge in [-0.2, -0.15) is 4.98 Å². The molecule has 0 radical (unpaired) electrons. The van der Waals surface area contributed by atoms with Gasteiger partial charge in [-0.1, -0.05) is 22.8 Å². The molecule has 0 spiro atoms. The number of amides is 2. The summed E-state index contributed by atoms with van der Waals surface area (Å²) in [7, 11) is 0. The number of H-pyrrole nitrogens is 1. The normalized spacial score (nSPS) is 15.5. The van der Waals surface area contributed by atoms with Crippen molar-refractivity contribution in [2.45, 2.75) is 19.0 Å². The summed E-state index contributed by atoms with van der Waals surface area (Å²) in [5, 5.41) is 7.39. The van der Waals surface area contributed by atoms with E-state index in [0.29, 0.717) is 23.0 Å². The summed E-state index contributed by atoms with van der Waals surface area (Å²) in [5.74, 6) is 0.242. The van der Waals surface area contributed by atoms with Crippen molar-refractivity contribution >= 4 is 23.3 Å². The van der Waals surface area contributed by atoms with E-state index in [1.54, 1.807) is 41.6 Å². The number of carbonyl (C=O) groups is 1. The monoisotopic (exact) mass is 438 g/mol. The highest BCUT2D eigenvalue weighted by atomic mass is 35.5. The number of nitrogens with zero attached hydrogens (tertiary/aromatic N) is 4. The fraction of sp³-hybridized carbons (Fsp3) is 0.143. The summed E-state index contributed by atoms with van der Waals surface area (Å²) >= 11 is 5.94. The largest absolute Gasteiger partial charge is 0.347 e. The zero-order valence-corrected chi connectivity index (χ0v) is 16.8. The van der Waals surface area contributed by atoms with Crippen LogP contribution in [-0.4, -0.2) is 31.0 Å². The molecule has 1 aliphatic heterocycles. The van der Waals surface area contributed by atoms with Crippen LogP contribution in [0.1, 0.15) is 23.3 Å². The molecule has 5 rings (SSSR count). The van der Waals surface area contributed by atoms with Crippen LogP contribution in [0.15, 0.2) is 59.4 Å². The summed E-state index contributed by atoms with van der Waals surface area (Å²) in [6.07, 6.45) is 1.99. The van der Waals surface area contributed by atoms with E-state index in [2.05, 4.69) is 25.4 Å². The smallest absolute Gasteiger partial charge is 0.322 e. The first-order chi connectivity index (χ1) is 15.1. The lowest BCUT2D eigenvalue weighted by Crippen LogP contribution is -2.41. The molecule has 4 aromatic rings. The number of aromatic amines is 1. The molecule has 2 amide bonds. The predicted molar refractivity (Wildman–Crippen MR) is 111 cm³/mol. The molecule has 0 unspecified atom stereocenters. The van der Waals surface area contributed by atoms with E-state index in [4.69, 9.17) is 16.1 Å². The average Bonchev–Trinajstić information content (AvgIpc) is 3.42. The minimum atomic E-state index is -0.530. The summed E-state index contributed by atoms with van der Waals surface area (Å²) in [6, 6.07) is 11.8. The van der Waals surface area contributed by atoms with Gasteiger partial charge < -0.3 is 19.7 Å². The van der Waals surface area contributed by atoms with E-state index >= 15 is 0 Å². The third kappa shape index (κ3) is 3.87. The van der Waals surface area contributed by atoms with Crippen LogP contribution in [0.3, 0.4) is 0 Å². The van der Waals surface area contributed by atoms with Crippen LogP contribution in [0.4, 0.5) is 14.9 Å². The van der Waals surface area contributed by atoms with E-state index < -0.39 is 17.9 Å². The van der Waals surface area contributed by atoms with Gasteiger partial charge in [-0.25, -0.2) is 14.2 Å². The van der Waals surface area contributed by atoms with Crippen LogP contribution in [0.5, 0.6) is 0 Å². The minimum absolute atomic E-state index is 0.264. The highest BCUT2D eigenvalue weighted by Crippen LogP contribution is 2.32. The van der Waals surface area contributed by atoms with E-state index in [1.807, 2.05) is 0 Å². The molecule has 0 saturated heterocycles. The highest BCUT2D eigenvalue weighted by Gasteiger charge is 2.36. The van der Waals surface area contributed by atoms with Crippen molar-refractivity contribution < 1.29 is 13.7 Å². The number of benzene rings is 2. The van der Waals surface area contributed by atoms with Crippen LogP contribution in [0.2, 0.25) is 5.02 Å². The van der Waals surface area contributed by atoms with Gasteiger partial charge in [-0.05, 0) is 42.5 Å². The van der Waals surface area contributed by atoms with Crippen molar-refractivity contribution in [1.29, 1.82) is 0 Å². The summed E-state index contributed by atoms with van der Waals surface area (Å²) < 4.78 is 19.0. The summed E-state index contributed by atoms with van der Waals surface area (Å²) in [6.45, 7) is 0.264. The number of urea groups is 1. The first kappa shape index (κ1) is 19.3. The number of hydrogen-bond donors (Lipinski definition) is 2. The maximum Gasteiger partial charge on any atom is 0.322 e. The van der Waals surface area contributed by atoms with Crippen LogP contribution >= 0.6 is 11.6 Å². The lowest BCUT2D eigenvalue weighted by molar-refractivity contribution is 0.155. The molecule has 0 fully saturated rings. The number of anilines is 1. The standard InChI is InChI=1S/C21H16ClFN6O2/c22-13-6-4-12(5-7-13)19-27-20(31-28-19)18-9-16-17(25-11-24-16)10-29(18)21(30)26-15-3-1-2-14(23)8-15/h1-8,11,18H,9-10H2,(H,24,25)(H,26,30)/t18-/m0/s1. The van der Waals surface area contributed by atoms with Crippen LogP contribution < -0.4 is 5.32 Å². The molecule has 31 heavy (non-hydrogen) atoms. The molecule has 0 aliphatic carbocycles. The molecular formula is C21H16ClFN6O2. The number of nitrogens with one attached hydrogen (secondary N) is 2. The molecule has 0 bridgehead atoms. The van der Waals surface area contributed by atoms with Crippen LogP contribution in [0, 0.1) is 5.82 Å². The number of hydrogen-bond acceptors (Lipinski definition) is 5. The van der Waals surface area contributed by atoms with Crippen molar-refractivity contribution in [1.82, 2.24) is 25.0 Å². The fourth-order valence-corrected chi connectivity index (χ4v) is 3.64. The van der Waals surface area contributed by atoms with Gasteiger partial charge in [0.25, 0.3) is 0 Å². The average molecular weight is 439 g/mol. The van der Waals surface area contributed by atoms with Crippen LogP contribution in [-0.2, 0) is 13.0 Å². The molecule has 10 heteroatoms. The number of halogens is 2. The van der Waals surface area contributed by atoms with Gasteiger partial charge in [0.2, 0.25) is 11.7 Å². The number of rotatable bonds is 3. The number of carbonyl (C=O) groups excluding carboxylic acids is 1. The Morgan fingerprint density at radius 1 is 1.26 bits per heavy atom. The third-order valence-corrected chi connectivity index (χ3v) is 5.32. The molecule has 2 aromatic heterocycles. The molecule has 3 heterocycles. The van der Waals surface area contributed by atoms with Crippen molar-refractivity contribution in [2.24, 2.45) is 0 Å². The van der Waals surface area contributed by atoms with Gasteiger partial charge in [-0.15, -0.1) is 0 Å². The van der Waals surface area contributed by atoms with E-state index in [0.717, 1.165) is 17.0 Å². The SMILES string of the molecule is O=C(Nc1cccc(F)c1)N1Cc2[nH]cnc2C[C@H]1c1nc(-c2ccc(Cl)cc2)no1. The molecule has 8 nitrogen and oxygen atoms in total. The molecule has 1 atom stereocenters. The second-order valence-corrected chi connectivity index (χ2v) is 7.52. The number of fused-ring (bicyclic) bond motifs is 1. The van der Waals surface area contributed by atoms with Crippen molar-refractivity contribution in [3.8, 4) is 11.4 Å². The first-order valence-corrected chi connectivity index (χ1v) is 9.88. The van der Waals surface area contributed by atoms with Gasteiger partial charge in [0.1, 0.15) is 11.9 Å². The van der Waals surface area contributed by atoms with Crippen molar-refractivity contribution in [3.63, 3.8) is 0 Å². The Kier molecular flexibility index (Phi) is 4.87. The van der Waals surface area contributed by atoms with Gasteiger partial charge in [0.05, 0.1) is 24.3 Å². The zero-order chi connectivity index (χ0) is 21.4. The highest BCUT2D eigenvalue weighted by molar-refractivity contribution is 6.30. The second-order valence-electron chi connectivity index (χ2n) is 7.08. The quantitative estimate of drug-likeness (QED) is 0.487. The van der Waals surface area contributed by atoms with Crippen LogP contribution in [0.25, 0.3) is 11.4 Å². The molecule has 1 aliphatic rings. The van der Waals surface area contributed by atoms with Gasteiger partial charge >= 0.3 is 6.03 Å². The van der Waals surface area contributed by atoms with Gasteiger partial charge in [0.15, 0.2) is 0 Å². The molecule has 2 aromatic carbocycles. The van der Waals surface area contributed by atoms with Crippen molar-refractivity contribution in [3.05, 3.63) is 83.0 Å². The summed E-state index contributed by atoms with van der Waals surface area (Å²) in [5.41, 5.74) is 2.74. The minimum Gasteiger partial charge on any atom is -0.347 e. The third-order valence-electron chi connectivity index (χ3n) is 5.06. The maximum atomic E-state index is 13.5. The Hall–Kier alpha value is -3.72. The molecular weight excluding hydrogens is 423 g/mol. The van der Waals surface area contributed by atoms with Crippen molar-refractivity contribution in [2.75, 3.05) is 5.32 Å². The topological polar surface area (TPSA) is 99.9 Å². The lowest BCUT2D eigenvalue weighted by Gasteiger charge is -2.32. The van der Waals surface area contributed by atoms with E-state index in [1.165, 1.54) is 18.2 Å². The zero-order valence-electron chi connectivity index (χ0n) is 16.0. The Bertz CT molecular complexity index is 1240. The number of imidazole rings is 1. The molecule has 0 saturated carbocycles. The Balaban J connectivity index is 1.45. The Morgan fingerprint density at radius 3 is 2.90 bits per heavy atom.